The molecule has 0 aliphatic carbocycles. The maximum atomic E-state index is 6.66. The third-order valence-corrected chi connectivity index (χ3v) is 6.79. The van der Waals surface area contributed by atoms with Gasteiger partial charge in [-0.3, -0.25) is 0 Å². The molecule has 0 aliphatic heterocycles. The van der Waals surface area contributed by atoms with Crippen molar-refractivity contribution in [2.75, 3.05) is 14.1 Å². The van der Waals surface area contributed by atoms with E-state index in [0.29, 0.717) is 5.96 Å². The van der Waals surface area contributed by atoms with Crippen molar-refractivity contribution in [3.05, 3.63) is 70.6 Å². The first-order chi connectivity index (χ1) is 13.3. The number of nitrogens with two attached hydrogens (primary N) is 1. The zero-order chi connectivity index (χ0) is 20.3. The van der Waals surface area contributed by atoms with Crippen molar-refractivity contribution in [3.8, 4) is 21.6 Å². The third-order valence-electron chi connectivity index (χ3n) is 4.94. The monoisotopic (exact) mass is 411 g/mol. The van der Waals surface area contributed by atoms with E-state index in [-0.39, 0.29) is 0 Å². The number of rotatable bonds is 5. The number of hydrogen-bond acceptors (Lipinski definition) is 2. The van der Waals surface area contributed by atoms with Gasteiger partial charge in [-0.2, -0.15) is 0 Å². The lowest BCUT2D eigenvalue weighted by Crippen LogP contribution is -2.34. The quantitative estimate of drug-likeness (QED) is 0.399. The predicted molar refractivity (Wildman–Crippen MR) is 123 cm³/mol. The molecule has 146 valence electrons. The zero-order valence-corrected chi connectivity index (χ0v) is 18.3. The second-order valence-electron chi connectivity index (χ2n) is 7.23. The topological polar surface area (TPSA) is 41.6 Å². The summed E-state index contributed by atoms with van der Waals surface area (Å²) in [5, 5.41) is 0.741. The maximum absolute atomic E-state index is 6.66. The van der Waals surface area contributed by atoms with E-state index in [1.165, 1.54) is 11.1 Å². The Morgan fingerprint density at radius 1 is 1.04 bits per heavy atom. The fraction of sp³-hybridized carbons (Fsp3) is 0.261. The number of hydrogen-bond donors (Lipinski definition) is 1. The Morgan fingerprint density at radius 3 is 2.32 bits per heavy atom. The van der Waals surface area contributed by atoms with Gasteiger partial charge in [0.25, 0.3) is 0 Å². The Labute approximate surface area is 176 Å². The Balaban J connectivity index is 2.02. The Kier molecular flexibility index (Phi) is 6.11. The lowest BCUT2D eigenvalue weighted by Gasteiger charge is -2.25. The van der Waals surface area contributed by atoms with Crippen molar-refractivity contribution in [2.24, 2.45) is 10.7 Å². The molecule has 1 atom stereocenters. The number of guanidine groups is 1. The van der Waals surface area contributed by atoms with Gasteiger partial charge >= 0.3 is 0 Å². The highest BCUT2D eigenvalue weighted by Gasteiger charge is 2.30. The summed E-state index contributed by atoms with van der Waals surface area (Å²) in [5.41, 5.74) is 9.20. The van der Waals surface area contributed by atoms with E-state index in [0.717, 1.165) is 26.8 Å². The van der Waals surface area contributed by atoms with Crippen LogP contribution in [0.4, 0.5) is 0 Å². The largest absolute Gasteiger partial charge is 0.370 e. The summed E-state index contributed by atoms with van der Waals surface area (Å²) < 4.78 is 0. The highest BCUT2D eigenvalue weighted by Crippen LogP contribution is 2.44. The van der Waals surface area contributed by atoms with Gasteiger partial charge in [0.2, 0.25) is 0 Å². The van der Waals surface area contributed by atoms with E-state index in [9.17, 15) is 0 Å². The van der Waals surface area contributed by atoms with E-state index in [2.05, 4.69) is 62.4 Å². The Morgan fingerprint density at radius 2 is 1.68 bits per heavy atom. The fourth-order valence-corrected chi connectivity index (χ4v) is 4.70. The summed E-state index contributed by atoms with van der Waals surface area (Å²) in [6.07, 6.45) is 0.811. The van der Waals surface area contributed by atoms with E-state index in [1.54, 1.807) is 11.3 Å². The molecule has 2 N–H and O–H groups in total. The molecule has 5 heteroatoms. The molecule has 2 aromatic carbocycles. The van der Waals surface area contributed by atoms with Crippen molar-refractivity contribution >= 4 is 28.9 Å². The first-order valence-electron chi connectivity index (χ1n) is 9.32. The molecule has 0 unspecified atom stereocenters. The second-order valence-corrected chi connectivity index (χ2v) is 8.69. The molecule has 0 bridgehead atoms. The zero-order valence-electron chi connectivity index (χ0n) is 16.7. The molecule has 1 aromatic heterocycles. The molecule has 3 aromatic rings. The van der Waals surface area contributed by atoms with Crippen LogP contribution in [0.1, 0.15) is 25.1 Å². The van der Waals surface area contributed by atoms with Crippen LogP contribution in [0.5, 0.6) is 0 Å². The van der Waals surface area contributed by atoms with Gasteiger partial charge in [-0.25, -0.2) is 4.99 Å². The summed E-state index contributed by atoms with van der Waals surface area (Å²) in [4.78, 5) is 8.77. The van der Waals surface area contributed by atoms with Crippen molar-refractivity contribution in [1.82, 2.24) is 4.90 Å². The van der Waals surface area contributed by atoms with Gasteiger partial charge in [0.1, 0.15) is 0 Å². The van der Waals surface area contributed by atoms with Crippen molar-refractivity contribution < 1.29 is 0 Å². The fourth-order valence-electron chi connectivity index (χ4n) is 3.00. The minimum absolute atomic E-state index is 0.453. The molecule has 0 fully saturated rings. The molecule has 1 heterocycles. The minimum Gasteiger partial charge on any atom is -0.370 e. The van der Waals surface area contributed by atoms with Gasteiger partial charge in [-0.05, 0) is 42.2 Å². The first kappa shape index (κ1) is 20.4. The molecule has 28 heavy (non-hydrogen) atoms. The van der Waals surface area contributed by atoms with Crippen molar-refractivity contribution in [1.29, 1.82) is 0 Å². The number of aliphatic imine (C=N–C) groups is 1. The van der Waals surface area contributed by atoms with Crippen molar-refractivity contribution in [2.45, 2.75) is 25.8 Å². The number of halogens is 1. The van der Waals surface area contributed by atoms with Crippen LogP contribution in [0, 0.1) is 0 Å². The van der Waals surface area contributed by atoms with Gasteiger partial charge in [0.05, 0.1) is 15.4 Å². The van der Waals surface area contributed by atoms with E-state index < -0.39 is 5.54 Å². The summed E-state index contributed by atoms with van der Waals surface area (Å²) in [6.45, 7) is 4.20. The molecule has 3 rings (SSSR count). The second kappa shape index (κ2) is 8.38. The number of nitrogens with zero attached hydrogens (tertiary/aromatic N) is 2. The highest BCUT2D eigenvalue weighted by atomic mass is 35.5. The molecular formula is C23H26ClN3S. The predicted octanol–water partition coefficient (Wildman–Crippen LogP) is 6.24. The molecule has 0 saturated carbocycles. The summed E-state index contributed by atoms with van der Waals surface area (Å²) in [6, 6.07) is 21.0. The van der Waals surface area contributed by atoms with E-state index in [1.807, 2.05) is 31.1 Å². The first-order valence-corrected chi connectivity index (χ1v) is 10.5. The highest BCUT2D eigenvalue weighted by molar-refractivity contribution is 7.16. The Bertz CT molecular complexity index is 979. The lowest BCUT2D eigenvalue weighted by molar-refractivity contribution is 0.473. The molecule has 0 saturated heterocycles. The van der Waals surface area contributed by atoms with Gasteiger partial charge in [-0.15, -0.1) is 11.3 Å². The van der Waals surface area contributed by atoms with Gasteiger partial charge in [0.15, 0.2) is 5.96 Å². The SMILES string of the molecule is CC[C@](C)(N=C(N)N(C)C)c1sc(-c2cccc(-c3ccccc3)c2)cc1Cl. The number of benzene rings is 2. The third kappa shape index (κ3) is 4.23. The normalized spacial score (nSPS) is 14.0. The molecule has 0 aliphatic rings. The van der Waals surface area contributed by atoms with Crippen LogP contribution >= 0.6 is 22.9 Å². The molecule has 3 nitrogen and oxygen atoms in total. The summed E-state index contributed by atoms with van der Waals surface area (Å²) in [7, 11) is 3.79. The smallest absolute Gasteiger partial charge is 0.191 e. The maximum Gasteiger partial charge on any atom is 0.191 e. The van der Waals surface area contributed by atoms with Crippen LogP contribution in [-0.2, 0) is 5.54 Å². The molecule has 0 spiro atoms. The van der Waals surface area contributed by atoms with E-state index in [4.69, 9.17) is 22.3 Å². The Hall–Kier alpha value is -2.30. The van der Waals surface area contributed by atoms with Crippen LogP contribution in [0.3, 0.4) is 0 Å². The average Bonchev–Trinajstić information content (AvgIpc) is 3.11. The van der Waals surface area contributed by atoms with Crippen LogP contribution < -0.4 is 5.73 Å². The van der Waals surface area contributed by atoms with Crippen LogP contribution in [-0.4, -0.2) is 25.0 Å². The number of thiophene rings is 1. The van der Waals surface area contributed by atoms with Crippen LogP contribution in [0.25, 0.3) is 21.6 Å². The molecule has 0 radical (unpaired) electrons. The van der Waals surface area contributed by atoms with E-state index >= 15 is 0 Å². The standard InChI is InChI=1S/C23H26ClN3S/c1-5-23(2,26-22(25)27(3)4)21-19(24)15-20(28-21)18-13-9-12-17(14-18)16-10-7-6-8-11-16/h6-15H,5H2,1-4H3,(H2,25,26)/t23-/m0/s1. The minimum atomic E-state index is -0.453. The van der Waals surface area contributed by atoms with Crippen molar-refractivity contribution in [3.63, 3.8) is 0 Å². The van der Waals surface area contributed by atoms with Gasteiger partial charge in [-0.1, -0.05) is 67.1 Å². The summed E-state index contributed by atoms with van der Waals surface area (Å²) in [5.74, 6) is 0.501. The van der Waals surface area contributed by atoms with Gasteiger partial charge in [0, 0.05) is 19.0 Å². The lowest BCUT2D eigenvalue weighted by atomic mass is 9.97. The van der Waals surface area contributed by atoms with Crippen LogP contribution in [0.15, 0.2) is 65.7 Å². The summed E-state index contributed by atoms with van der Waals surface area (Å²) >= 11 is 8.35. The molecular weight excluding hydrogens is 386 g/mol. The van der Waals surface area contributed by atoms with Gasteiger partial charge < -0.3 is 10.6 Å². The average molecular weight is 412 g/mol. The molecule has 0 amide bonds. The van der Waals surface area contributed by atoms with Crippen LogP contribution in [0.2, 0.25) is 5.02 Å².